The third-order valence-corrected chi connectivity index (χ3v) is 6.69. The molecule has 146 valence electrons. The lowest BCUT2D eigenvalue weighted by Crippen LogP contribution is -2.47. The summed E-state index contributed by atoms with van der Waals surface area (Å²) >= 11 is 0. The van der Waals surface area contributed by atoms with Gasteiger partial charge in [-0.05, 0) is 47.2 Å². The summed E-state index contributed by atoms with van der Waals surface area (Å²) in [5.74, 6) is -0.901. The predicted octanol–water partition coefficient (Wildman–Crippen LogP) is 3.94. The first-order valence-electron chi connectivity index (χ1n) is 10.3. The standard InChI is InChI=1S/C25H24N2O2/c1-3-19-21(4-2)27(25(29)24(19)28)18-11-13-26(14-12-18)22-15-17-9-5-7-16-8-6-10-20(22)23(16)17/h3-10,18,22H,1-2,11-15H2. The van der Waals surface area contributed by atoms with Crippen LogP contribution in [-0.2, 0) is 16.0 Å². The molecule has 0 bridgehead atoms. The summed E-state index contributed by atoms with van der Waals surface area (Å²) in [4.78, 5) is 29.1. The molecule has 1 fully saturated rings. The molecule has 0 saturated carbocycles. The molecule has 4 nitrogen and oxygen atoms in total. The number of rotatable bonds is 4. The fraction of sp³-hybridized carbons (Fsp3) is 0.280. The van der Waals surface area contributed by atoms with E-state index in [4.69, 9.17) is 0 Å². The Labute approximate surface area is 170 Å². The molecular formula is C25H24N2O2. The molecule has 1 unspecified atom stereocenters. The number of carbonyl (C=O) groups excluding carboxylic acids is 2. The van der Waals surface area contributed by atoms with Crippen LogP contribution in [0.2, 0.25) is 0 Å². The predicted molar refractivity (Wildman–Crippen MR) is 114 cm³/mol. The molecule has 1 atom stereocenters. The van der Waals surface area contributed by atoms with Crippen LogP contribution < -0.4 is 0 Å². The second kappa shape index (κ2) is 6.82. The van der Waals surface area contributed by atoms with E-state index in [9.17, 15) is 9.59 Å². The molecule has 2 aromatic rings. The molecule has 1 saturated heterocycles. The number of Topliss-reactive ketones (excluding diaryl/α,β-unsaturated/α-hetero) is 1. The highest BCUT2D eigenvalue weighted by molar-refractivity contribution is 6.46. The minimum absolute atomic E-state index is 0.0349. The average molecular weight is 384 g/mol. The summed E-state index contributed by atoms with van der Waals surface area (Å²) in [6.45, 7) is 9.33. The molecule has 0 radical (unpaired) electrons. The van der Waals surface area contributed by atoms with Crippen molar-refractivity contribution in [1.82, 2.24) is 9.80 Å². The Hall–Kier alpha value is -2.98. The number of nitrogens with zero attached hydrogens (tertiary/aromatic N) is 2. The molecule has 0 aromatic heterocycles. The van der Waals surface area contributed by atoms with Gasteiger partial charge in [-0.3, -0.25) is 14.5 Å². The number of hydrogen-bond acceptors (Lipinski definition) is 3. The first-order valence-corrected chi connectivity index (χ1v) is 10.3. The molecule has 0 spiro atoms. The van der Waals surface area contributed by atoms with Gasteiger partial charge in [-0.25, -0.2) is 0 Å². The van der Waals surface area contributed by atoms with Crippen LogP contribution in [-0.4, -0.2) is 40.6 Å². The minimum Gasteiger partial charge on any atom is -0.302 e. The zero-order valence-corrected chi connectivity index (χ0v) is 16.4. The van der Waals surface area contributed by atoms with E-state index < -0.39 is 11.7 Å². The Balaban J connectivity index is 1.36. The van der Waals surface area contributed by atoms with Crippen molar-refractivity contribution in [2.24, 2.45) is 0 Å². The van der Waals surface area contributed by atoms with Gasteiger partial charge in [0.1, 0.15) is 0 Å². The van der Waals surface area contributed by atoms with Gasteiger partial charge in [-0.1, -0.05) is 55.6 Å². The molecule has 2 heterocycles. The van der Waals surface area contributed by atoms with Crippen molar-refractivity contribution in [2.75, 3.05) is 13.1 Å². The number of likely N-dealkylation sites (tertiary alicyclic amines) is 1. The van der Waals surface area contributed by atoms with Gasteiger partial charge < -0.3 is 4.90 Å². The highest BCUT2D eigenvalue weighted by atomic mass is 16.2. The number of amides is 1. The van der Waals surface area contributed by atoms with Crippen LogP contribution in [0.3, 0.4) is 0 Å². The summed E-state index contributed by atoms with van der Waals surface area (Å²) in [6.07, 6.45) is 5.83. The third-order valence-electron chi connectivity index (χ3n) is 6.69. The minimum atomic E-state index is -0.463. The van der Waals surface area contributed by atoms with Gasteiger partial charge >= 0.3 is 0 Å². The molecule has 3 aliphatic rings. The molecule has 0 N–H and O–H groups in total. The Kier molecular flexibility index (Phi) is 4.25. The lowest BCUT2D eigenvalue weighted by Gasteiger charge is -2.40. The summed E-state index contributed by atoms with van der Waals surface area (Å²) in [7, 11) is 0. The first-order chi connectivity index (χ1) is 14.1. The molecule has 5 rings (SSSR count). The second-order valence-corrected chi connectivity index (χ2v) is 8.06. The largest absolute Gasteiger partial charge is 0.302 e. The van der Waals surface area contributed by atoms with Crippen molar-refractivity contribution in [1.29, 1.82) is 0 Å². The van der Waals surface area contributed by atoms with Crippen LogP contribution >= 0.6 is 0 Å². The van der Waals surface area contributed by atoms with Gasteiger partial charge in [-0.15, -0.1) is 0 Å². The molecule has 2 aromatic carbocycles. The zero-order valence-electron chi connectivity index (χ0n) is 16.4. The quantitative estimate of drug-likeness (QED) is 0.750. The van der Waals surface area contributed by atoms with Crippen molar-refractivity contribution in [3.05, 3.63) is 84.1 Å². The number of ketones is 1. The smallest absolute Gasteiger partial charge is 0.299 e. The SMILES string of the molecule is C=CC1=C(C=C)N(C2CCN(C3Cc4cccc5cccc3c45)CC2)C(=O)C1=O. The van der Waals surface area contributed by atoms with E-state index in [0.717, 1.165) is 32.4 Å². The Morgan fingerprint density at radius 2 is 1.69 bits per heavy atom. The summed E-state index contributed by atoms with van der Waals surface area (Å²) < 4.78 is 0. The van der Waals surface area contributed by atoms with Crippen molar-refractivity contribution < 1.29 is 9.59 Å². The molecule has 4 heteroatoms. The fourth-order valence-electron chi connectivity index (χ4n) is 5.35. The third kappa shape index (κ3) is 2.63. The monoisotopic (exact) mass is 384 g/mol. The maximum Gasteiger partial charge on any atom is 0.299 e. The normalized spacial score (nSPS) is 22.8. The highest BCUT2D eigenvalue weighted by Crippen LogP contribution is 2.41. The van der Waals surface area contributed by atoms with Gasteiger partial charge in [0.05, 0.1) is 11.3 Å². The van der Waals surface area contributed by atoms with E-state index in [1.165, 1.54) is 28.0 Å². The summed E-state index contributed by atoms with van der Waals surface area (Å²) in [5.41, 5.74) is 3.85. The number of allylic oxidation sites excluding steroid dienone is 2. The Morgan fingerprint density at radius 1 is 0.966 bits per heavy atom. The van der Waals surface area contributed by atoms with Crippen molar-refractivity contribution in [3.8, 4) is 0 Å². The van der Waals surface area contributed by atoms with E-state index in [2.05, 4.69) is 54.5 Å². The van der Waals surface area contributed by atoms with Crippen LogP contribution in [0.25, 0.3) is 10.8 Å². The number of hydrogen-bond donors (Lipinski definition) is 0. The maximum absolute atomic E-state index is 12.6. The van der Waals surface area contributed by atoms with Crippen molar-refractivity contribution >= 4 is 22.5 Å². The van der Waals surface area contributed by atoms with E-state index in [1.807, 2.05) is 0 Å². The maximum atomic E-state index is 12.6. The summed E-state index contributed by atoms with van der Waals surface area (Å²) in [6, 6.07) is 13.6. The Morgan fingerprint density at radius 3 is 2.38 bits per heavy atom. The lowest BCUT2D eigenvalue weighted by atomic mass is 9.98. The van der Waals surface area contributed by atoms with E-state index in [-0.39, 0.29) is 6.04 Å². The molecule has 1 amide bonds. The second-order valence-electron chi connectivity index (χ2n) is 8.06. The van der Waals surface area contributed by atoms with Gasteiger partial charge in [0.25, 0.3) is 11.7 Å². The van der Waals surface area contributed by atoms with Crippen LogP contribution in [0.15, 0.2) is 73.0 Å². The van der Waals surface area contributed by atoms with E-state index >= 15 is 0 Å². The Bertz CT molecular complexity index is 1080. The highest BCUT2D eigenvalue weighted by Gasteiger charge is 2.41. The topological polar surface area (TPSA) is 40.6 Å². The van der Waals surface area contributed by atoms with E-state index in [1.54, 1.807) is 11.0 Å². The van der Waals surface area contributed by atoms with Crippen LogP contribution in [0.5, 0.6) is 0 Å². The molecular weight excluding hydrogens is 360 g/mol. The lowest BCUT2D eigenvalue weighted by molar-refractivity contribution is -0.141. The van der Waals surface area contributed by atoms with Crippen molar-refractivity contribution in [3.63, 3.8) is 0 Å². The number of piperidine rings is 1. The zero-order chi connectivity index (χ0) is 20.1. The van der Waals surface area contributed by atoms with Crippen LogP contribution in [0.1, 0.15) is 30.0 Å². The van der Waals surface area contributed by atoms with Gasteiger partial charge in [-0.2, -0.15) is 0 Å². The first kappa shape index (κ1) is 18.1. The number of carbonyl (C=O) groups is 2. The molecule has 29 heavy (non-hydrogen) atoms. The molecule has 1 aliphatic carbocycles. The van der Waals surface area contributed by atoms with Crippen LogP contribution in [0, 0.1) is 0 Å². The van der Waals surface area contributed by atoms with Gasteiger partial charge in [0.2, 0.25) is 0 Å². The summed E-state index contributed by atoms with van der Waals surface area (Å²) in [5, 5.41) is 2.73. The average Bonchev–Trinajstić information content (AvgIpc) is 3.25. The van der Waals surface area contributed by atoms with E-state index in [0.29, 0.717) is 17.3 Å². The fourth-order valence-corrected chi connectivity index (χ4v) is 5.35. The number of benzene rings is 2. The molecule has 2 aliphatic heterocycles. The van der Waals surface area contributed by atoms with Crippen molar-refractivity contribution in [2.45, 2.75) is 31.3 Å². The van der Waals surface area contributed by atoms with Gasteiger partial charge in [0.15, 0.2) is 0 Å². The van der Waals surface area contributed by atoms with Crippen LogP contribution in [0.4, 0.5) is 0 Å². The van der Waals surface area contributed by atoms with Gasteiger partial charge in [0, 0.05) is 25.2 Å².